The maximum Gasteiger partial charge on any atom is 0.416 e. The van der Waals surface area contributed by atoms with E-state index in [9.17, 15) is 13.2 Å². The van der Waals surface area contributed by atoms with Gasteiger partial charge in [0.25, 0.3) is 0 Å². The van der Waals surface area contributed by atoms with Crippen LogP contribution in [-0.2, 0) is 26.2 Å². The molecule has 1 atom stereocenters. The molecule has 0 saturated carbocycles. The molecule has 0 amide bonds. The van der Waals surface area contributed by atoms with Crippen molar-refractivity contribution < 1.29 is 13.2 Å². The summed E-state index contributed by atoms with van der Waals surface area (Å²) in [5.74, 6) is 0.373. The van der Waals surface area contributed by atoms with Gasteiger partial charge in [0.05, 0.1) is 11.8 Å². The fourth-order valence-electron chi connectivity index (χ4n) is 4.13. The van der Waals surface area contributed by atoms with Gasteiger partial charge in [-0.2, -0.15) is 18.3 Å². The smallest absolute Gasteiger partial charge is 0.298 e. The van der Waals surface area contributed by atoms with Crippen LogP contribution in [0.2, 0.25) is 0 Å². The van der Waals surface area contributed by atoms with Gasteiger partial charge in [0, 0.05) is 49.7 Å². The van der Waals surface area contributed by atoms with E-state index in [4.69, 9.17) is 0 Å². The van der Waals surface area contributed by atoms with E-state index in [2.05, 4.69) is 15.0 Å². The van der Waals surface area contributed by atoms with Crippen molar-refractivity contribution in [1.82, 2.24) is 19.7 Å². The van der Waals surface area contributed by atoms with Crippen LogP contribution in [0.15, 0.2) is 55.0 Å². The van der Waals surface area contributed by atoms with Gasteiger partial charge in [-0.3, -0.25) is 14.6 Å². The van der Waals surface area contributed by atoms with Crippen molar-refractivity contribution in [3.05, 3.63) is 82.9 Å². The van der Waals surface area contributed by atoms with E-state index in [1.165, 1.54) is 17.7 Å². The van der Waals surface area contributed by atoms with Crippen molar-refractivity contribution in [3.8, 4) is 0 Å². The molecule has 3 aromatic rings. The molecule has 1 aliphatic heterocycles. The van der Waals surface area contributed by atoms with E-state index < -0.39 is 11.7 Å². The summed E-state index contributed by atoms with van der Waals surface area (Å²) in [7, 11) is 1.92. The summed E-state index contributed by atoms with van der Waals surface area (Å²) in [5, 5.41) is 4.24. The molecule has 2 aromatic heterocycles. The van der Waals surface area contributed by atoms with Gasteiger partial charge in [-0.15, -0.1) is 0 Å². The Morgan fingerprint density at radius 3 is 2.63 bits per heavy atom. The third kappa shape index (κ3) is 5.08. The number of halogens is 3. The van der Waals surface area contributed by atoms with E-state index in [0.717, 1.165) is 49.8 Å². The third-order valence-corrected chi connectivity index (χ3v) is 5.60. The highest BCUT2D eigenvalue weighted by Gasteiger charge is 2.30. The molecule has 4 nitrogen and oxygen atoms in total. The molecule has 3 heterocycles. The van der Waals surface area contributed by atoms with Crippen molar-refractivity contribution in [3.63, 3.8) is 0 Å². The summed E-state index contributed by atoms with van der Waals surface area (Å²) in [4.78, 5) is 7.08. The standard InChI is InChI=1S/C23H25F3N4/c1-29-14-19(13-28-29)15-30-9-3-5-20(16-30)22-8-7-18(12-27-22)10-17-4-2-6-21(11-17)23(24,25)26/h2,4,6-8,11-14,20H,3,5,9-10,15-16H2,1H3/t20-/m1/s1. The maximum absolute atomic E-state index is 12.9. The number of hydrogen-bond donors (Lipinski definition) is 0. The zero-order valence-corrected chi connectivity index (χ0v) is 16.9. The van der Waals surface area contributed by atoms with Crippen LogP contribution in [0.5, 0.6) is 0 Å². The topological polar surface area (TPSA) is 34.0 Å². The first-order chi connectivity index (χ1) is 14.4. The summed E-state index contributed by atoms with van der Waals surface area (Å²) >= 11 is 0. The lowest BCUT2D eigenvalue weighted by Crippen LogP contribution is -2.34. The molecule has 158 valence electrons. The van der Waals surface area contributed by atoms with Gasteiger partial charge in [0.1, 0.15) is 0 Å². The Labute approximate surface area is 174 Å². The first-order valence-corrected chi connectivity index (χ1v) is 10.2. The van der Waals surface area contributed by atoms with Gasteiger partial charge in [0.2, 0.25) is 0 Å². The van der Waals surface area contributed by atoms with Crippen LogP contribution in [0.4, 0.5) is 13.2 Å². The van der Waals surface area contributed by atoms with Crippen LogP contribution in [0.25, 0.3) is 0 Å². The summed E-state index contributed by atoms with van der Waals surface area (Å²) in [5.41, 5.74) is 3.21. The SMILES string of the molecule is Cn1cc(CN2CCC[C@@H](c3ccc(Cc4cccc(C(F)(F)F)c4)cn3)C2)cn1. The summed E-state index contributed by atoms with van der Waals surface area (Å²) < 4.78 is 40.6. The minimum Gasteiger partial charge on any atom is -0.298 e. The van der Waals surface area contributed by atoms with Crippen molar-refractivity contribution in [2.24, 2.45) is 7.05 Å². The summed E-state index contributed by atoms with van der Waals surface area (Å²) in [6.07, 6.45) is 4.10. The minimum atomic E-state index is -4.32. The molecule has 1 aromatic carbocycles. The highest BCUT2D eigenvalue weighted by atomic mass is 19.4. The Morgan fingerprint density at radius 2 is 1.93 bits per heavy atom. The van der Waals surface area contributed by atoms with Crippen LogP contribution in [0.3, 0.4) is 0 Å². The van der Waals surface area contributed by atoms with E-state index in [1.807, 2.05) is 36.3 Å². The number of aryl methyl sites for hydroxylation is 1. The van der Waals surface area contributed by atoms with E-state index in [0.29, 0.717) is 17.9 Å². The largest absolute Gasteiger partial charge is 0.416 e. The molecule has 0 aliphatic carbocycles. The lowest BCUT2D eigenvalue weighted by Gasteiger charge is -2.32. The van der Waals surface area contributed by atoms with E-state index in [-0.39, 0.29) is 0 Å². The molecule has 30 heavy (non-hydrogen) atoms. The van der Waals surface area contributed by atoms with Crippen LogP contribution in [-0.4, -0.2) is 32.8 Å². The number of benzene rings is 1. The van der Waals surface area contributed by atoms with E-state index >= 15 is 0 Å². The van der Waals surface area contributed by atoms with Gasteiger partial charge >= 0.3 is 6.18 Å². The Bertz CT molecular complexity index is 979. The molecule has 7 heteroatoms. The predicted octanol–water partition coefficient (Wildman–Crippen LogP) is 4.80. The monoisotopic (exact) mass is 414 g/mol. The molecule has 4 rings (SSSR count). The second-order valence-corrected chi connectivity index (χ2v) is 8.06. The molecule has 1 fully saturated rings. The fourth-order valence-corrected chi connectivity index (χ4v) is 4.13. The average Bonchev–Trinajstić information content (AvgIpc) is 3.13. The van der Waals surface area contributed by atoms with Gasteiger partial charge in [-0.1, -0.05) is 24.3 Å². The lowest BCUT2D eigenvalue weighted by atomic mass is 9.93. The highest BCUT2D eigenvalue weighted by molar-refractivity contribution is 5.30. The molecule has 0 spiro atoms. The second kappa shape index (κ2) is 8.60. The summed E-state index contributed by atoms with van der Waals surface area (Å²) in [6, 6.07) is 9.51. The zero-order chi connectivity index (χ0) is 21.1. The Hall–Kier alpha value is -2.67. The molecule has 0 unspecified atom stereocenters. The van der Waals surface area contributed by atoms with Crippen LogP contribution in [0.1, 0.15) is 46.7 Å². The highest BCUT2D eigenvalue weighted by Crippen LogP contribution is 2.30. The average molecular weight is 414 g/mol. The zero-order valence-electron chi connectivity index (χ0n) is 16.9. The number of pyridine rings is 1. The van der Waals surface area contributed by atoms with Crippen LogP contribution < -0.4 is 0 Å². The Balaban J connectivity index is 1.39. The normalized spacial score (nSPS) is 17.9. The number of hydrogen-bond acceptors (Lipinski definition) is 3. The third-order valence-electron chi connectivity index (χ3n) is 5.60. The summed E-state index contributed by atoms with van der Waals surface area (Å²) in [6.45, 7) is 2.91. The first kappa shape index (κ1) is 20.6. The van der Waals surface area contributed by atoms with Crippen molar-refractivity contribution in [1.29, 1.82) is 0 Å². The number of alkyl halides is 3. The van der Waals surface area contributed by atoms with Gasteiger partial charge in [-0.05, 0) is 49.1 Å². The Kier molecular flexibility index (Phi) is 5.90. The molecular weight excluding hydrogens is 389 g/mol. The molecule has 0 bridgehead atoms. The van der Waals surface area contributed by atoms with Gasteiger partial charge in [-0.25, -0.2) is 0 Å². The predicted molar refractivity (Wildman–Crippen MR) is 109 cm³/mol. The first-order valence-electron chi connectivity index (χ1n) is 10.2. The van der Waals surface area contributed by atoms with Crippen molar-refractivity contribution in [2.75, 3.05) is 13.1 Å². The molecule has 1 aliphatic rings. The van der Waals surface area contributed by atoms with Gasteiger partial charge in [0.15, 0.2) is 0 Å². The van der Waals surface area contributed by atoms with Crippen LogP contribution in [0, 0.1) is 0 Å². The molecule has 0 radical (unpaired) electrons. The molecule has 1 saturated heterocycles. The quantitative estimate of drug-likeness (QED) is 0.601. The van der Waals surface area contributed by atoms with Crippen molar-refractivity contribution >= 4 is 0 Å². The number of piperidine rings is 1. The lowest BCUT2D eigenvalue weighted by molar-refractivity contribution is -0.137. The number of rotatable bonds is 5. The number of aromatic nitrogens is 3. The van der Waals surface area contributed by atoms with Crippen molar-refractivity contribution in [2.45, 2.75) is 37.9 Å². The van der Waals surface area contributed by atoms with E-state index in [1.54, 1.807) is 12.3 Å². The van der Waals surface area contributed by atoms with Gasteiger partial charge < -0.3 is 0 Å². The molecular formula is C23H25F3N4. The second-order valence-electron chi connectivity index (χ2n) is 8.06. The maximum atomic E-state index is 12.9. The fraction of sp³-hybridized carbons (Fsp3) is 0.391. The minimum absolute atomic E-state index is 0.373. The Morgan fingerprint density at radius 1 is 1.07 bits per heavy atom. The van der Waals surface area contributed by atoms with Crippen LogP contribution >= 0.6 is 0 Å². The molecule has 0 N–H and O–H groups in total. The number of nitrogens with zero attached hydrogens (tertiary/aromatic N) is 4. The number of likely N-dealkylation sites (tertiary alicyclic amines) is 1.